The van der Waals surface area contributed by atoms with Crippen LogP contribution in [0, 0.1) is 0 Å². The molecule has 3 aromatic rings. The van der Waals surface area contributed by atoms with Crippen LogP contribution in [0.1, 0.15) is 10.5 Å². The zero-order valence-corrected chi connectivity index (χ0v) is 16.2. The van der Waals surface area contributed by atoms with Crippen LogP contribution < -0.4 is 5.14 Å². The second kappa shape index (κ2) is 7.15. The molecule has 7 nitrogen and oxygen atoms in total. The molecule has 2 N–H and O–H groups in total. The minimum Gasteiger partial charge on any atom is -0.343 e. The highest BCUT2D eigenvalue weighted by Crippen LogP contribution is 2.24. The third-order valence-corrected chi connectivity index (χ3v) is 5.07. The fourth-order valence-electron chi connectivity index (χ4n) is 2.50. The maximum Gasteiger partial charge on any atom is 0.272 e. The Kier molecular flexibility index (Phi) is 5.05. The van der Waals surface area contributed by atoms with E-state index in [4.69, 9.17) is 16.7 Å². The highest BCUT2D eigenvalue weighted by molar-refractivity contribution is 7.89. The maximum absolute atomic E-state index is 12.6. The smallest absolute Gasteiger partial charge is 0.272 e. The van der Waals surface area contributed by atoms with Crippen molar-refractivity contribution in [3.63, 3.8) is 0 Å². The van der Waals surface area contributed by atoms with E-state index in [1.165, 1.54) is 21.7 Å². The Balaban J connectivity index is 2.11. The van der Waals surface area contributed by atoms with Crippen molar-refractivity contribution in [3.8, 4) is 16.9 Å². The molecule has 27 heavy (non-hydrogen) atoms. The average Bonchev–Trinajstić information content (AvgIpc) is 3.06. The van der Waals surface area contributed by atoms with E-state index in [-0.39, 0.29) is 10.8 Å². The molecule has 0 spiro atoms. The Hall–Kier alpha value is -2.68. The molecule has 0 fully saturated rings. The number of primary sulfonamides is 1. The van der Waals surface area contributed by atoms with Crippen LogP contribution >= 0.6 is 11.6 Å². The molecule has 2 aromatic carbocycles. The molecule has 140 valence electrons. The molecule has 3 rings (SSSR count). The summed E-state index contributed by atoms with van der Waals surface area (Å²) in [5.74, 6) is -0.218. The lowest BCUT2D eigenvalue weighted by molar-refractivity contribution is 0.0819. The van der Waals surface area contributed by atoms with Gasteiger partial charge in [0.2, 0.25) is 10.0 Å². The van der Waals surface area contributed by atoms with E-state index < -0.39 is 10.0 Å². The molecule has 1 heterocycles. The number of nitrogens with two attached hydrogens (primary N) is 1. The average molecular weight is 405 g/mol. The van der Waals surface area contributed by atoms with Gasteiger partial charge in [-0.15, -0.1) is 0 Å². The third-order valence-electron chi connectivity index (χ3n) is 3.88. The van der Waals surface area contributed by atoms with Crippen molar-refractivity contribution in [1.29, 1.82) is 0 Å². The Morgan fingerprint density at radius 2 is 1.67 bits per heavy atom. The SMILES string of the molecule is CN(C)C(=O)c1cc(-c2ccc(S(N)(=O)=O)cc2)nn1-c1ccc(Cl)cc1. The monoisotopic (exact) mass is 404 g/mol. The normalized spacial score (nSPS) is 11.4. The van der Waals surface area contributed by atoms with Crippen molar-refractivity contribution < 1.29 is 13.2 Å². The van der Waals surface area contributed by atoms with Gasteiger partial charge in [-0.1, -0.05) is 23.7 Å². The molecule has 0 bridgehead atoms. The number of carbonyl (C=O) groups is 1. The van der Waals surface area contributed by atoms with Crippen molar-refractivity contribution in [2.24, 2.45) is 5.14 Å². The van der Waals surface area contributed by atoms with Crippen LogP contribution in [-0.2, 0) is 10.0 Å². The number of sulfonamides is 1. The van der Waals surface area contributed by atoms with E-state index in [0.29, 0.717) is 27.7 Å². The third kappa shape index (κ3) is 4.02. The highest BCUT2D eigenvalue weighted by Gasteiger charge is 2.19. The fourth-order valence-corrected chi connectivity index (χ4v) is 3.14. The second-order valence-electron chi connectivity index (χ2n) is 6.07. The first-order valence-corrected chi connectivity index (χ1v) is 9.80. The number of nitrogens with zero attached hydrogens (tertiary/aromatic N) is 3. The van der Waals surface area contributed by atoms with Crippen molar-refractivity contribution in [1.82, 2.24) is 14.7 Å². The van der Waals surface area contributed by atoms with E-state index in [2.05, 4.69) is 5.10 Å². The molecule has 0 atom stereocenters. The summed E-state index contributed by atoms with van der Waals surface area (Å²) in [5.41, 5.74) is 2.23. The molecular weight excluding hydrogens is 388 g/mol. The number of aromatic nitrogens is 2. The van der Waals surface area contributed by atoms with Crippen LogP contribution in [0.3, 0.4) is 0 Å². The molecule has 9 heteroatoms. The summed E-state index contributed by atoms with van der Waals surface area (Å²) >= 11 is 5.94. The van der Waals surface area contributed by atoms with E-state index in [1.807, 2.05) is 0 Å². The fraction of sp³-hybridized carbons (Fsp3) is 0.111. The van der Waals surface area contributed by atoms with Gasteiger partial charge in [-0.05, 0) is 42.5 Å². The van der Waals surface area contributed by atoms with Crippen LogP contribution in [0.5, 0.6) is 0 Å². The van der Waals surface area contributed by atoms with E-state index in [9.17, 15) is 13.2 Å². The number of benzene rings is 2. The molecular formula is C18H17ClN4O3S. The van der Waals surface area contributed by atoms with Crippen LogP contribution in [0.25, 0.3) is 16.9 Å². The summed E-state index contributed by atoms with van der Waals surface area (Å²) in [4.78, 5) is 14.0. The van der Waals surface area contributed by atoms with Crippen molar-refractivity contribution in [3.05, 3.63) is 65.3 Å². The molecule has 0 unspecified atom stereocenters. The zero-order valence-electron chi connectivity index (χ0n) is 14.6. The number of amides is 1. The topological polar surface area (TPSA) is 98.3 Å². The number of halogens is 1. The Morgan fingerprint density at radius 1 is 1.07 bits per heavy atom. The minimum absolute atomic E-state index is 0.00738. The van der Waals surface area contributed by atoms with Gasteiger partial charge in [0.05, 0.1) is 16.3 Å². The van der Waals surface area contributed by atoms with Crippen LogP contribution in [-0.4, -0.2) is 43.1 Å². The van der Waals surface area contributed by atoms with Crippen LogP contribution in [0.15, 0.2) is 59.5 Å². The predicted molar refractivity (Wildman–Crippen MR) is 103 cm³/mol. The maximum atomic E-state index is 12.6. The van der Waals surface area contributed by atoms with Gasteiger partial charge < -0.3 is 4.90 Å². The quantitative estimate of drug-likeness (QED) is 0.722. The summed E-state index contributed by atoms with van der Waals surface area (Å²) in [6.07, 6.45) is 0. The Labute approximate surface area is 162 Å². The van der Waals surface area contributed by atoms with Gasteiger partial charge in [0.25, 0.3) is 5.91 Å². The number of hydrogen-bond acceptors (Lipinski definition) is 4. The van der Waals surface area contributed by atoms with Crippen LogP contribution in [0.4, 0.5) is 0 Å². The second-order valence-corrected chi connectivity index (χ2v) is 8.07. The first-order valence-electron chi connectivity index (χ1n) is 7.88. The molecule has 0 aliphatic rings. The van der Waals surface area contributed by atoms with Gasteiger partial charge in [-0.25, -0.2) is 18.2 Å². The van der Waals surface area contributed by atoms with Crippen molar-refractivity contribution >= 4 is 27.5 Å². The largest absolute Gasteiger partial charge is 0.343 e. The first kappa shape index (κ1) is 19.1. The number of hydrogen-bond donors (Lipinski definition) is 1. The van der Waals surface area contributed by atoms with E-state index in [0.717, 1.165) is 0 Å². The Bertz CT molecular complexity index is 1090. The standard InChI is InChI=1S/C18H17ClN4O3S/c1-22(2)18(24)17-11-16(12-3-9-15(10-4-12)27(20,25)26)21-23(17)14-7-5-13(19)6-8-14/h3-11H,1-2H3,(H2,20,25,26). The zero-order chi connectivity index (χ0) is 19.8. The van der Waals surface area contributed by atoms with Gasteiger partial charge in [0, 0.05) is 24.7 Å². The lowest BCUT2D eigenvalue weighted by atomic mass is 10.1. The number of carbonyl (C=O) groups excluding carboxylic acids is 1. The van der Waals surface area contributed by atoms with E-state index in [1.54, 1.807) is 56.6 Å². The van der Waals surface area contributed by atoms with E-state index >= 15 is 0 Å². The summed E-state index contributed by atoms with van der Waals surface area (Å²) in [7, 11) is -0.466. The molecule has 1 aromatic heterocycles. The molecule has 0 saturated heterocycles. The van der Waals surface area contributed by atoms with Crippen molar-refractivity contribution in [2.45, 2.75) is 4.90 Å². The van der Waals surface area contributed by atoms with Gasteiger partial charge in [-0.3, -0.25) is 4.79 Å². The summed E-state index contributed by atoms with van der Waals surface area (Å²) in [6, 6.07) is 14.6. The van der Waals surface area contributed by atoms with Gasteiger partial charge in [0.15, 0.2) is 0 Å². The molecule has 0 saturated carbocycles. The van der Waals surface area contributed by atoms with Gasteiger partial charge in [-0.2, -0.15) is 5.10 Å². The van der Waals surface area contributed by atoms with Crippen molar-refractivity contribution in [2.75, 3.05) is 14.1 Å². The molecule has 0 radical (unpaired) electrons. The number of rotatable bonds is 4. The molecule has 1 amide bonds. The highest BCUT2D eigenvalue weighted by atomic mass is 35.5. The minimum atomic E-state index is -3.78. The lowest BCUT2D eigenvalue weighted by Gasteiger charge is -2.12. The van der Waals surface area contributed by atoms with Gasteiger partial charge >= 0.3 is 0 Å². The first-order chi connectivity index (χ1) is 12.7. The summed E-state index contributed by atoms with van der Waals surface area (Å²) in [6.45, 7) is 0. The van der Waals surface area contributed by atoms with Crippen LogP contribution in [0.2, 0.25) is 5.02 Å². The lowest BCUT2D eigenvalue weighted by Crippen LogP contribution is -2.24. The summed E-state index contributed by atoms with van der Waals surface area (Å²) in [5, 5.41) is 10.2. The Morgan fingerprint density at radius 3 is 2.19 bits per heavy atom. The molecule has 0 aliphatic carbocycles. The molecule has 0 aliphatic heterocycles. The predicted octanol–water partition coefficient (Wildman–Crippen LogP) is 2.54. The van der Waals surface area contributed by atoms with Gasteiger partial charge in [0.1, 0.15) is 5.69 Å². The summed E-state index contributed by atoms with van der Waals surface area (Å²) < 4.78 is 24.4.